The van der Waals surface area contributed by atoms with Gasteiger partial charge >= 0.3 is 10.2 Å². The van der Waals surface area contributed by atoms with E-state index >= 15 is 0 Å². The van der Waals surface area contributed by atoms with E-state index in [0.717, 1.165) is 4.31 Å². The number of rotatable bonds is 3. The maximum atomic E-state index is 11.5. The molecule has 0 radical (unpaired) electrons. The average Bonchev–Trinajstić information content (AvgIpc) is 2.15. The summed E-state index contributed by atoms with van der Waals surface area (Å²) in [7, 11) is -0.814. The van der Waals surface area contributed by atoms with E-state index in [-0.39, 0.29) is 5.82 Å². The van der Waals surface area contributed by atoms with E-state index in [0.29, 0.717) is 10.2 Å². The fourth-order valence-electron chi connectivity index (χ4n) is 0.837. The Bertz CT molecular complexity index is 535. The van der Waals surface area contributed by atoms with Crippen LogP contribution in [0.5, 0.6) is 0 Å². The highest BCUT2D eigenvalue weighted by atomic mass is 79.9. The topological polar surface area (TPSA) is 86.1 Å². The number of hydrogen-bond donors (Lipinski definition) is 1. The van der Waals surface area contributed by atoms with Crippen LogP contribution in [0.3, 0.4) is 0 Å². The van der Waals surface area contributed by atoms with Crippen molar-refractivity contribution in [1.29, 1.82) is 5.26 Å². The number of aromatic nitrogens is 1. The number of halogens is 1. The van der Waals surface area contributed by atoms with E-state index in [2.05, 4.69) is 25.6 Å². The summed E-state index contributed by atoms with van der Waals surface area (Å²) in [6, 6.07) is 4.75. The second-order valence-corrected chi connectivity index (χ2v) is 5.76. The van der Waals surface area contributed by atoms with Crippen LogP contribution in [0.15, 0.2) is 16.7 Å². The molecule has 0 spiro atoms. The van der Waals surface area contributed by atoms with E-state index in [1.165, 1.54) is 26.2 Å². The van der Waals surface area contributed by atoms with Gasteiger partial charge in [0.15, 0.2) is 0 Å². The minimum absolute atomic E-state index is 0.0969. The molecule has 0 aromatic carbocycles. The van der Waals surface area contributed by atoms with Crippen molar-refractivity contribution >= 4 is 32.0 Å². The first-order valence-corrected chi connectivity index (χ1v) is 6.36. The maximum absolute atomic E-state index is 11.5. The minimum atomic E-state index is -3.60. The van der Waals surface area contributed by atoms with Gasteiger partial charge in [0.05, 0.1) is 11.6 Å². The Labute approximate surface area is 102 Å². The average molecular weight is 305 g/mol. The highest BCUT2D eigenvalue weighted by molar-refractivity contribution is 9.10. The van der Waals surface area contributed by atoms with Gasteiger partial charge in [-0.25, -0.2) is 4.98 Å². The minimum Gasteiger partial charge on any atom is -0.254 e. The largest absolute Gasteiger partial charge is 0.302 e. The maximum Gasteiger partial charge on any atom is 0.302 e. The van der Waals surface area contributed by atoms with Crippen LogP contribution in [0.4, 0.5) is 5.82 Å². The summed E-state index contributed by atoms with van der Waals surface area (Å²) in [5.41, 5.74) is 0.318. The molecule has 1 N–H and O–H groups in total. The van der Waals surface area contributed by atoms with Crippen LogP contribution in [0.1, 0.15) is 5.56 Å². The van der Waals surface area contributed by atoms with Crippen LogP contribution < -0.4 is 4.72 Å². The molecule has 0 amide bonds. The summed E-state index contributed by atoms with van der Waals surface area (Å²) >= 11 is 3.09. The van der Waals surface area contributed by atoms with Crippen LogP contribution in [-0.4, -0.2) is 31.8 Å². The lowest BCUT2D eigenvalue weighted by Crippen LogP contribution is -2.29. The summed E-state index contributed by atoms with van der Waals surface area (Å²) in [5.74, 6) is 0.0969. The zero-order valence-electron chi connectivity index (χ0n) is 8.60. The van der Waals surface area contributed by atoms with Gasteiger partial charge in [-0.1, -0.05) is 0 Å². The normalized spacial score (nSPS) is 11.2. The fourth-order valence-corrected chi connectivity index (χ4v) is 1.83. The Balaban J connectivity index is 3.08. The molecule has 0 fully saturated rings. The number of nitrogens with zero attached hydrogens (tertiary/aromatic N) is 3. The number of hydrogen-bond acceptors (Lipinski definition) is 4. The van der Waals surface area contributed by atoms with Crippen molar-refractivity contribution in [1.82, 2.24) is 9.29 Å². The Morgan fingerprint density at radius 2 is 2.12 bits per heavy atom. The van der Waals surface area contributed by atoms with Crippen molar-refractivity contribution in [3.63, 3.8) is 0 Å². The Morgan fingerprint density at radius 3 is 2.62 bits per heavy atom. The summed E-state index contributed by atoms with van der Waals surface area (Å²) in [4.78, 5) is 3.90. The number of nitrogens with one attached hydrogen (secondary N) is 1. The molecule has 1 aromatic rings. The zero-order chi connectivity index (χ0) is 12.3. The second kappa shape index (κ2) is 4.78. The van der Waals surface area contributed by atoms with Crippen molar-refractivity contribution in [2.45, 2.75) is 0 Å². The van der Waals surface area contributed by atoms with Gasteiger partial charge in [-0.2, -0.15) is 18.0 Å². The highest BCUT2D eigenvalue weighted by Gasteiger charge is 2.14. The SMILES string of the molecule is CN(C)S(=O)(=O)Nc1cc(C#N)cc(Br)n1. The number of anilines is 1. The van der Waals surface area contributed by atoms with Gasteiger partial charge in [-0.05, 0) is 28.1 Å². The first-order chi connectivity index (χ1) is 7.35. The van der Waals surface area contributed by atoms with Crippen LogP contribution >= 0.6 is 15.9 Å². The predicted molar refractivity (Wildman–Crippen MR) is 62.9 cm³/mol. The van der Waals surface area contributed by atoms with E-state index in [1.807, 2.05) is 6.07 Å². The highest BCUT2D eigenvalue weighted by Crippen LogP contribution is 2.15. The first-order valence-electron chi connectivity index (χ1n) is 4.13. The third-order valence-electron chi connectivity index (χ3n) is 1.64. The van der Waals surface area contributed by atoms with Crippen LogP contribution in [-0.2, 0) is 10.2 Å². The fraction of sp³-hybridized carbons (Fsp3) is 0.250. The number of nitriles is 1. The van der Waals surface area contributed by atoms with Crippen molar-refractivity contribution in [3.05, 3.63) is 22.3 Å². The quantitative estimate of drug-likeness (QED) is 0.842. The van der Waals surface area contributed by atoms with Crippen molar-refractivity contribution in [3.8, 4) is 6.07 Å². The van der Waals surface area contributed by atoms with Gasteiger partial charge in [-0.15, -0.1) is 0 Å². The molecule has 0 unspecified atom stereocenters. The summed E-state index contributed by atoms with van der Waals surface area (Å²) in [5, 5.41) is 8.71. The molecule has 1 aromatic heterocycles. The van der Waals surface area contributed by atoms with Crippen molar-refractivity contribution in [2.75, 3.05) is 18.8 Å². The standard InChI is InChI=1S/C8H9BrN4O2S/c1-13(2)16(14,15)12-8-4-6(5-10)3-7(9)11-8/h3-4H,1-2H3,(H,11,12). The van der Waals surface area contributed by atoms with Crippen molar-refractivity contribution in [2.24, 2.45) is 0 Å². The Hall–Kier alpha value is -1.17. The zero-order valence-corrected chi connectivity index (χ0v) is 11.0. The third-order valence-corrected chi connectivity index (χ3v) is 3.47. The molecule has 1 heterocycles. The smallest absolute Gasteiger partial charge is 0.254 e. The second-order valence-electron chi connectivity index (χ2n) is 3.07. The Morgan fingerprint density at radius 1 is 1.50 bits per heavy atom. The molecule has 1 rings (SSSR count). The molecular formula is C8H9BrN4O2S. The summed E-state index contributed by atoms with van der Waals surface area (Å²) < 4.78 is 26.6. The van der Waals surface area contributed by atoms with Gasteiger partial charge in [0.2, 0.25) is 0 Å². The van der Waals surface area contributed by atoms with Crippen molar-refractivity contribution < 1.29 is 8.42 Å². The third kappa shape index (κ3) is 3.16. The lowest BCUT2D eigenvalue weighted by Gasteiger charge is -2.12. The molecule has 0 aliphatic heterocycles. The van der Waals surface area contributed by atoms with Gasteiger partial charge in [-0.3, -0.25) is 4.72 Å². The summed E-state index contributed by atoms with van der Waals surface area (Å²) in [6.07, 6.45) is 0. The van der Waals surface area contributed by atoms with E-state index in [1.54, 1.807) is 0 Å². The van der Waals surface area contributed by atoms with E-state index < -0.39 is 10.2 Å². The van der Waals surface area contributed by atoms with Gasteiger partial charge in [0.25, 0.3) is 0 Å². The monoisotopic (exact) mass is 304 g/mol. The van der Waals surface area contributed by atoms with Crippen LogP contribution in [0, 0.1) is 11.3 Å². The molecule has 86 valence electrons. The van der Waals surface area contributed by atoms with Gasteiger partial charge < -0.3 is 0 Å². The van der Waals surface area contributed by atoms with Crippen LogP contribution in [0.25, 0.3) is 0 Å². The molecule has 0 bridgehead atoms. The van der Waals surface area contributed by atoms with E-state index in [9.17, 15) is 8.42 Å². The number of pyridine rings is 1. The lowest BCUT2D eigenvalue weighted by atomic mass is 10.3. The molecule has 0 aliphatic carbocycles. The molecule has 6 nitrogen and oxygen atoms in total. The Kier molecular flexibility index (Phi) is 3.85. The molecule has 16 heavy (non-hydrogen) atoms. The molecule has 0 atom stereocenters. The van der Waals surface area contributed by atoms with Crippen LogP contribution in [0.2, 0.25) is 0 Å². The van der Waals surface area contributed by atoms with Gasteiger partial charge in [0.1, 0.15) is 10.4 Å². The predicted octanol–water partition coefficient (Wildman–Crippen LogP) is 0.934. The molecule has 8 heteroatoms. The van der Waals surface area contributed by atoms with E-state index in [4.69, 9.17) is 5.26 Å². The lowest BCUT2D eigenvalue weighted by molar-refractivity contribution is 0.526. The molecule has 0 aliphatic rings. The summed E-state index contributed by atoms with van der Waals surface area (Å²) in [6.45, 7) is 0. The molecule has 0 saturated carbocycles. The van der Waals surface area contributed by atoms with Gasteiger partial charge in [0, 0.05) is 14.1 Å². The molecule has 0 saturated heterocycles. The molecular weight excluding hydrogens is 296 g/mol. The first kappa shape index (κ1) is 12.9.